The Balaban J connectivity index is 1.89. The molecule has 2 aliphatic carbocycles. The fourth-order valence-corrected chi connectivity index (χ4v) is 5.60. The highest BCUT2D eigenvalue weighted by Crippen LogP contribution is 2.57. The lowest BCUT2D eigenvalue weighted by Crippen LogP contribution is -2.62. The molecule has 0 aromatic heterocycles. The molecule has 3 nitrogen and oxygen atoms in total. The van der Waals surface area contributed by atoms with Gasteiger partial charge in [0.05, 0.1) is 12.7 Å². The van der Waals surface area contributed by atoms with Gasteiger partial charge in [-0.2, -0.15) is 0 Å². The zero-order valence-corrected chi connectivity index (χ0v) is 13.9. The maximum Gasteiger partial charge on any atom is 0.119 e. The fourth-order valence-electron chi connectivity index (χ4n) is 5.60. The maximum atomic E-state index is 10.8. The molecule has 120 valence electrons. The minimum atomic E-state index is -0.533. The lowest BCUT2D eigenvalue weighted by atomic mass is 9.50. The van der Waals surface area contributed by atoms with E-state index < -0.39 is 5.60 Å². The number of likely N-dealkylation sites (tertiary alicyclic amines) is 1. The number of fused-ring (bicyclic) bond motifs is 1. The van der Waals surface area contributed by atoms with Crippen LogP contribution in [0.25, 0.3) is 0 Å². The van der Waals surface area contributed by atoms with Crippen molar-refractivity contribution in [2.75, 3.05) is 20.7 Å². The second kappa shape index (κ2) is 4.72. The lowest BCUT2D eigenvalue weighted by molar-refractivity contribution is -0.0835. The number of likely N-dealkylation sites (N-methyl/N-ethyl adjacent to an activating group) is 1. The molecule has 0 spiro atoms. The average Bonchev–Trinajstić information content (AvgIpc) is 2.49. The number of hydrogen-bond donors (Lipinski definition) is 1. The molecular formula is C19H27NO2. The molecule has 1 heterocycles. The van der Waals surface area contributed by atoms with Crippen molar-refractivity contribution in [3.63, 3.8) is 0 Å². The van der Waals surface area contributed by atoms with Crippen LogP contribution in [0.15, 0.2) is 18.2 Å². The first-order chi connectivity index (χ1) is 10.5. The molecule has 0 radical (unpaired) electrons. The van der Waals surface area contributed by atoms with Crippen LogP contribution < -0.4 is 4.74 Å². The number of rotatable bonds is 1. The third kappa shape index (κ3) is 1.95. The quantitative estimate of drug-likeness (QED) is 0.866. The molecule has 1 saturated carbocycles. The SMILES string of the molecule is COc1ccc2c(c1)[C@]13CCN(C)[C@H](C2)[C@@H]1CC[C@](C)(O)C3. The molecule has 1 aliphatic heterocycles. The summed E-state index contributed by atoms with van der Waals surface area (Å²) in [6.07, 6.45) is 5.27. The smallest absolute Gasteiger partial charge is 0.119 e. The van der Waals surface area contributed by atoms with E-state index in [-0.39, 0.29) is 5.41 Å². The topological polar surface area (TPSA) is 32.7 Å². The van der Waals surface area contributed by atoms with Crippen molar-refractivity contribution in [2.24, 2.45) is 5.92 Å². The van der Waals surface area contributed by atoms with E-state index in [1.165, 1.54) is 11.1 Å². The summed E-state index contributed by atoms with van der Waals surface area (Å²) in [4.78, 5) is 2.55. The van der Waals surface area contributed by atoms with E-state index in [2.05, 4.69) is 30.1 Å². The summed E-state index contributed by atoms with van der Waals surface area (Å²) in [6, 6.07) is 7.23. The first-order valence-corrected chi connectivity index (χ1v) is 8.55. The van der Waals surface area contributed by atoms with Gasteiger partial charge in [0.2, 0.25) is 0 Å². The van der Waals surface area contributed by atoms with Crippen LogP contribution in [-0.4, -0.2) is 42.4 Å². The van der Waals surface area contributed by atoms with Crippen molar-refractivity contribution in [1.82, 2.24) is 4.90 Å². The van der Waals surface area contributed by atoms with Crippen LogP contribution in [-0.2, 0) is 11.8 Å². The number of hydrogen-bond acceptors (Lipinski definition) is 3. The van der Waals surface area contributed by atoms with Crippen LogP contribution >= 0.6 is 0 Å². The summed E-state index contributed by atoms with van der Waals surface area (Å²) < 4.78 is 5.49. The minimum Gasteiger partial charge on any atom is -0.497 e. The second-order valence-corrected chi connectivity index (χ2v) is 8.00. The molecule has 1 saturated heterocycles. The van der Waals surface area contributed by atoms with Crippen molar-refractivity contribution in [2.45, 2.75) is 56.1 Å². The van der Waals surface area contributed by atoms with Gasteiger partial charge < -0.3 is 14.7 Å². The summed E-state index contributed by atoms with van der Waals surface area (Å²) in [5, 5.41) is 10.8. The summed E-state index contributed by atoms with van der Waals surface area (Å²) >= 11 is 0. The molecule has 1 N–H and O–H groups in total. The number of aliphatic hydroxyl groups is 1. The third-order valence-corrected chi connectivity index (χ3v) is 6.62. The predicted molar refractivity (Wildman–Crippen MR) is 87.4 cm³/mol. The first-order valence-electron chi connectivity index (χ1n) is 8.55. The van der Waals surface area contributed by atoms with Crippen molar-refractivity contribution < 1.29 is 9.84 Å². The highest BCUT2D eigenvalue weighted by Gasteiger charge is 2.56. The van der Waals surface area contributed by atoms with Crippen LogP contribution in [0.3, 0.4) is 0 Å². The zero-order valence-electron chi connectivity index (χ0n) is 13.9. The van der Waals surface area contributed by atoms with Crippen molar-refractivity contribution in [3.8, 4) is 5.75 Å². The highest BCUT2D eigenvalue weighted by atomic mass is 16.5. The van der Waals surface area contributed by atoms with Gasteiger partial charge in [0.15, 0.2) is 0 Å². The van der Waals surface area contributed by atoms with E-state index in [0.717, 1.165) is 44.4 Å². The standard InChI is InChI=1S/C19H27NO2/c1-18(21)7-6-15-17-10-13-4-5-14(22-3)11-16(13)19(15,12-18)8-9-20(17)2/h4-5,11,15,17,21H,6-10,12H2,1-3H3/t15-,17+,18-,19-/m0/s1. The highest BCUT2D eigenvalue weighted by molar-refractivity contribution is 5.46. The normalized spacial score (nSPS) is 40.7. The van der Waals surface area contributed by atoms with Crippen molar-refractivity contribution in [3.05, 3.63) is 29.3 Å². The Hall–Kier alpha value is -1.06. The van der Waals surface area contributed by atoms with Gasteiger partial charge >= 0.3 is 0 Å². The number of nitrogens with zero attached hydrogens (tertiary/aromatic N) is 1. The molecule has 2 bridgehead atoms. The van der Waals surface area contributed by atoms with Crippen LogP contribution in [0.2, 0.25) is 0 Å². The molecule has 4 rings (SSSR count). The molecule has 0 unspecified atom stereocenters. The van der Waals surface area contributed by atoms with Crippen LogP contribution in [0.5, 0.6) is 5.75 Å². The van der Waals surface area contributed by atoms with Gasteiger partial charge in [-0.25, -0.2) is 0 Å². The van der Waals surface area contributed by atoms with Gasteiger partial charge in [-0.15, -0.1) is 0 Å². The van der Waals surface area contributed by atoms with Gasteiger partial charge in [-0.05, 0) is 81.8 Å². The van der Waals surface area contributed by atoms with Gasteiger partial charge in [0, 0.05) is 11.5 Å². The fraction of sp³-hybridized carbons (Fsp3) is 0.684. The Morgan fingerprint density at radius 2 is 2.14 bits per heavy atom. The maximum absolute atomic E-state index is 10.8. The summed E-state index contributed by atoms with van der Waals surface area (Å²) in [5.74, 6) is 1.63. The Labute approximate surface area is 133 Å². The summed E-state index contributed by atoms with van der Waals surface area (Å²) in [7, 11) is 4.02. The average molecular weight is 301 g/mol. The predicted octanol–water partition coefficient (Wildman–Crippen LogP) is 2.74. The molecule has 4 atom stereocenters. The molecule has 22 heavy (non-hydrogen) atoms. The summed E-state index contributed by atoms with van der Waals surface area (Å²) in [5.41, 5.74) is 2.53. The Kier molecular flexibility index (Phi) is 3.11. The molecular weight excluding hydrogens is 274 g/mol. The van der Waals surface area contributed by atoms with Gasteiger partial charge in [0.1, 0.15) is 5.75 Å². The van der Waals surface area contributed by atoms with Gasteiger partial charge in [0.25, 0.3) is 0 Å². The lowest BCUT2D eigenvalue weighted by Gasteiger charge is -2.60. The monoisotopic (exact) mass is 301 g/mol. The van der Waals surface area contributed by atoms with E-state index >= 15 is 0 Å². The number of ether oxygens (including phenoxy) is 1. The number of methoxy groups -OCH3 is 1. The first kappa shape index (κ1) is 14.5. The molecule has 2 fully saturated rings. The summed E-state index contributed by atoms with van der Waals surface area (Å²) in [6.45, 7) is 3.16. The molecule has 3 aliphatic rings. The van der Waals surface area contributed by atoms with Crippen LogP contribution in [0.4, 0.5) is 0 Å². The molecule has 1 aromatic carbocycles. The molecule has 1 aromatic rings. The van der Waals surface area contributed by atoms with Gasteiger partial charge in [-0.3, -0.25) is 0 Å². The third-order valence-electron chi connectivity index (χ3n) is 6.62. The number of piperidine rings is 1. The van der Waals surface area contributed by atoms with Gasteiger partial charge in [-0.1, -0.05) is 6.07 Å². The van der Waals surface area contributed by atoms with Crippen LogP contribution in [0, 0.1) is 5.92 Å². The van der Waals surface area contributed by atoms with Crippen molar-refractivity contribution >= 4 is 0 Å². The van der Waals surface area contributed by atoms with E-state index in [1.807, 2.05) is 6.92 Å². The minimum absolute atomic E-state index is 0.140. The molecule has 0 amide bonds. The second-order valence-electron chi connectivity index (χ2n) is 8.00. The number of benzene rings is 1. The zero-order chi connectivity index (χ0) is 15.5. The Morgan fingerprint density at radius 3 is 2.91 bits per heavy atom. The Bertz CT molecular complexity index is 597. The van der Waals surface area contributed by atoms with E-state index in [1.54, 1.807) is 7.11 Å². The van der Waals surface area contributed by atoms with E-state index in [0.29, 0.717) is 12.0 Å². The van der Waals surface area contributed by atoms with E-state index in [4.69, 9.17) is 4.74 Å². The largest absolute Gasteiger partial charge is 0.497 e. The van der Waals surface area contributed by atoms with E-state index in [9.17, 15) is 5.11 Å². The Morgan fingerprint density at radius 1 is 1.32 bits per heavy atom. The van der Waals surface area contributed by atoms with Crippen molar-refractivity contribution in [1.29, 1.82) is 0 Å². The molecule has 3 heteroatoms. The van der Waals surface area contributed by atoms with Crippen LogP contribution in [0.1, 0.15) is 43.7 Å².